The van der Waals surface area contributed by atoms with E-state index in [4.69, 9.17) is 14.2 Å². The molecule has 27 heavy (non-hydrogen) atoms. The molecule has 0 saturated heterocycles. The Balaban J connectivity index is 0.00000261. The lowest BCUT2D eigenvalue weighted by molar-refractivity contribution is 0.0951. The normalized spacial score (nSPS) is 10.2. The first-order valence-electron chi connectivity index (χ1n) is 8.16. The van der Waals surface area contributed by atoms with Crippen molar-refractivity contribution in [1.29, 1.82) is 0 Å². The standard InChI is InChI=1S/C19H21N3O4.ClH/c1-24-16-10-13(11-17(25-2)18(16)26-3)19(23)20-8-9-22-12-21-14-6-4-5-7-15(14)22;/h4-7,10-12H,8-9H2,1-3H3,(H,20,23);1H. The van der Waals surface area contributed by atoms with E-state index in [1.54, 1.807) is 18.5 Å². The highest BCUT2D eigenvalue weighted by molar-refractivity contribution is 5.95. The summed E-state index contributed by atoms with van der Waals surface area (Å²) in [6.07, 6.45) is 1.77. The van der Waals surface area contributed by atoms with Crippen LogP contribution in [0.25, 0.3) is 11.0 Å². The Morgan fingerprint density at radius 2 is 1.74 bits per heavy atom. The number of ether oxygens (including phenoxy) is 3. The van der Waals surface area contributed by atoms with Crippen LogP contribution in [-0.4, -0.2) is 43.3 Å². The molecule has 0 radical (unpaired) electrons. The van der Waals surface area contributed by atoms with Gasteiger partial charge in [-0.1, -0.05) is 12.1 Å². The number of para-hydroxylation sites is 2. The second-order valence-electron chi connectivity index (χ2n) is 5.60. The number of fused-ring (bicyclic) bond motifs is 1. The second-order valence-corrected chi connectivity index (χ2v) is 5.60. The monoisotopic (exact) mass is 391 g/mol. The highest BCUT2D eigenvalue weighted by Crippen LogP contribution is 2.38. The molecule has 0 aliphatic carbocycles. The highest BCUT2D eigenvalue weighted by Gasteiger charge is 2.16. The number of imidazole rings is 1. The van der Waals surface area contributed by atoms with E-state index >= 15 is 0 Å². The fourth-order valence-electron chi connectivity index (χ4n) is 2.79. The summed E-state index contributed by atoms with van der Waals surface area (Å²) in [6.45, 7) is 1.09. The Bertz CT molecular complexity index is 901. The zero-order valence-corrected chi connectivity index (χ0v) is 16.2. The topological polar surface area (TPSA) is 74.6 Å². The molecule has 2 aromatic carbocycles. The number of carbonyl (C=O) groups excluding carboxylic acids is 1. The van der Waals surface area contributed by atoms with Crippen molar-refractivity contribution in [2.75, 3.05) is 27.9 Å². The number of methoxy groups -OCH3 is 3. The van der Waals surface area contributed by atoms with Crippen molar-refractivity contribution in [1.82, 2.24) is 14.9 Å². The van der Waals surface area contributed by atoms with Gasteiger partial charge in [-0.2, -0.15) is 0 Å². The van der Waals surface area contributed by atoms with E-state index in [2.05, 4.69) is 10.3 Å². The molecule has 3 rings (SSSR count). The molecule has 7 nitrogen and oxygen atoms in total. The van der Waals surface area contributed by atoms with Crippen LogP contribution in [-0.2, 0) is 6.54 Å². The van der Waals surface area contributed by atoms with Crippen molar-refractivity contribution in [3.8, 4) is 17.2 Å². The first-order valence-corrected chi connectivity index (χ1v) is 8.16. The van der Waals surface area contributed by atoms with E-state index in [1.165, 1.54) is 21.3 Å². The van der Waals surface area contributed by atoms with E-state index in [9.17, 15) is 4.79 Å². The quantitative estimate of drug-likeness (QED) is 0.670. The maximum atomic E-state index is 12.5. The number of rotatable bonds is 7. The highest BCUT2D eigenvalue weighted by atomic mass is 35.5. The van der Waals surface area contributed by atoms with Gasteiger partial charge in [0.15, 0.2) is 11.5 Å². The van der Waals surface area contributed by atoms with Crippen molar-refractivity contribution in [3.63, 3.8) is 0 Å². The molecule has 0 spiro atoms. The third-order valence-electron chi connectivity index (χ3n) is 4.09. The van der Waals surface area contributed by atoms with E-state index in [-0.39, 0.29) is 18.3 Å². The number of nitrogens with zero attached hydrogens (tertiary/aromatic N) is 2. The van der Waals surface area contributed by atoms with Crippen molar-refractivity contribution in [2.45, 2.75) is 6.54 Å². The van der Waals surface area contributed by atoms with Crippen LogP contribution in [0.3, 0.4) is 0 Å². The van der Waals surface area contributed by atoms with Gasteiger partial charge >= 0.3 is 0 Å². The van der Waals surface area contributed by atoms with Gasteiger partial charge in [0.1, 0.15) is 0 Å². The van der Waals surface area contributed by atoms with Crippen molar-refractivity contribution in [3.05, 3.63) is 48.3 Å². The van der Waals surface area contributed by atoms with Gasteiger partial charge in [0.2, 0.25) is 5.75 Å². The zero-order valence-electron chi connectivity index (χ0n) is 15.4. The van der Waals surface area contributed by atoms with Crippen molar-refractivity contribution in [2.24, 2.45) is 0 Å². The predicted molar refractivity (Wildman–Crippen MR) is 105 cm³/mol. The zero-order chi connectivity index (χ0) is 18.5. The van der Waals surface area contributed by atoms with Crippen LogP contribution in [0.2, 0.25) is 0 Å². The molecule has 8 heteroatoms. The molecular weight excluding hydrogens is 370 g/mol. The summed E-state index contributed by atoms with van der Waals surface area (Å²) in [6, 6.07) is 11.1. The van der Waals surface area contributed by atoms with Gasteiger partial charge in [-0.05, 0) is 24.3 Å². The van der Waals surface area contributed by atoms with Crippen LogP contribution in [0.4, 0.5) is 0 Å². The van der Waals surface area contributed by atoms with Crippen LogP contribution in [0.1, 0.15) is 10.4 Å². The Morgan fingerprint density at radius 1 is 1.07 bits per heavy atom. The average molecular weight is 392 g/mol. The van der Waals surface area contributed by atoms with Crippen molar-refractivity contribution >= 4 is 29.3 Å². The summed E-state index contributed by atoms with van der Waals surface area (Å²) in [7, 11) is 4.56. The van der Waals surface area contributed by atoms with Gasteiger partial charge in [0.25, 0.3) is 5.91 Å². The third-order valence-corrected chi connectivity index (χ3v) is 4.09. The van der Waals surface area contributed by atoms with Crippen LogP contribution >= 0.6 is 12.4 Å². The number of hydrogen-bond acceptors (Lipinski definition) is 5. The van der Waals surface area contributed by atoms with E-state index in [1.807, 2.05) is 28.8 Å². The van der Waals surface area contributed by atoms with Gasteiger partial charge in [0, 0.05) is 18.7 Å². The largest absolute Gasteiger partial charge is 0.493 e. The minimum atomic E-state index is -0.214. The fourth-order valence-corrected chi connectivity index (χ4v) is 2.79. The van der Waals surface area contributed by atoms with Crippen LogP contribution in [0, 0.1) is 0 Å². The summed E-state index contributed by atoms with van der Waals surface area (Å²) >= 11 is 0. The molecule has 0 aliphatic rings. The van der Waals surface area contributed by atoms with Gasteiger partial charge in [-0.25, -0.2) is 4.98 Å². The molecule has 0 unspecified atom stereocenters. The maximum Gasteiger partial charge on any atom is 0.251 e. The fraction of sp³-hybridized carbons (Fsp3) is 0.263. The Labute approximate surface area is 163 Å². The molecule has 3 aromatic rings. The SMILES string of the molecule is COc1cc(C(=O)NCCn2cnc3ccccc32)cc(OC)c1OC.Cl. The molecule has 1 heterocycles. The summed E-state index contributed by atoms with van der Waals surface area (Å²) in [4.78, 5) is 16.8. The lowest BCUT2D eigenvalue weighted by Gasteiger charge is -2.14. The lowest BCUT2D eigenvalue weighted by Crippen LogP contribution is -2.27. The van der Waals surface area contributed by atoms with Crippen molar-refractivity contribution < 1.29 is 19.0 Å². The number of aromatic nitrogens is 2. The minimum Gasteiger partial charge on any atom is -0.493 e. The smallest absolute Gasteiger partial charge is 0.251 e. The van der Waals surface area contributed by atoms with Crippen LogP contribution in [0.5, 0.6) is 17.2 Å². The third kappa shape index (κ3) is 4.25. The maximum absolute atomic E-state index is 12.5. The molecule has 1 N–H and O–H groups in total. The Kier molecular flexibility index (Phi) is 6.90. The molecule has 0 aliphatic heterocycles. The van der Waals surface area contributed by atoms with E-state index in [0.29, 0.717) is 35.9 Å². The number of nitrogens with one attached hydrogen (secondary N) is 1. The van der Waals surface area contributed by atoms with Gasteiger partial charge in [0.05, 0.1) is 38.7 Å². The van der Waals surface area contributed by atoms with E-state index in [0.717, 1.165) is 11.0 Å². The number of carbonyl (C=O) groups is 1. The first-order chi connectivity index (χ1) is 12.7. The second kappa shape index (κ2) is 9.14. The Hall–Kier alpha value is -2.93. The van der Waals surface area contributed by atoms with E-state index < -0.39 is 0 Å². The molecular formula is C19H22ClN3O4. The average Bonchev–Trinajstić information content (AvgIpc) is 3.09. The molecule has 0 fully saturated rings. The summed E-state index contributed by atoms with van der Waals surface area (Å²) in [5, 5.41) is 2.90. The lowest BCUT2D eigenvalue weighted by atomic mass is 10.1. The summed E-state index contributed by atoms with van der Waals surface area (Å²) in [5.74, 6) is 1.13. The summed E-state index contributed by atoms with van der Waals surface area (Å²) in [5.41, 5.74) is 2.41. The number of halogens is 1. The minimum absolute atomic E-state index is 0. The van der Waals surface area contributed by atoms with Gasteiger partial charge in [-0.3, -0.25) is 4.79 Å². The van der Waals surface area contributed by atoms with Gasteiger partial charge in [-0.15, -0.1) is 12.4 Å². The summed E-state index contributed by atoms with van der Waals surface area (Å²) < 4.78 is 17.8. The molecule has 0 saturated carbocycles. The first kappa shape index (κ1) is 20.4. The Morgan fingerprint density at radius 3 is 2.37 bits per heavy atom. The van der Waals surface area contributed by atoms with Gasteiger partial charge < -0.3 is 24.1 Å². The molecule has 1 aromatic heterocycles. The molecule has 144 valence electrons. The molecule has 0 atom stereocenters. The number of hydrogen-bond donors (Lipinski definition) is 1. The molecule has 1 amide bonds. The number of amides is 1. The van der Waals surface area contributed by atoms with Crippen LogP contribution < -0.4 is 19.5 Å². The number of benzene rings is 2. The van der Waals surface area contributed by atoms with Crippen LogP contribution in [0.15, 0.2) is 42.7 Å². The predicted octanol–water partition coefficient (Wildman–Crippen LogP) is 2.91. The molecule has 0 bridgehead atoms.